The minimum Gasteiger partial charge on any atom is -0.271 e. The Morgan fingerprint density at radius 1 is 1.14 bits per heavy atom. The summed E-state index contributed by atoms with van der Waals surface area (Å²) in [6.07, 6.45) is 1.55. The summed E-state index contributed by atoms with van der Waals surface area (Å²) in [4.78, 5) is 16.7. The molecule has 0 unspecified atom stereocenters. The van der Waals surface area contributed by atoms with Crippen molar-refractivity contribution in [3.63, 3.8) is 0 Å². The highest BCUT2D eigenvalue weighted by Crippen LogP contribution is 2.23. The van der Waals surface area contributed by atoms with Gasteiger partial charge in [0.05, 0.1) is 17.1 Å². The van der Waals surface area contributed by atoms with Crippen molar-refractivity contribution in [2.75, 3.05) is 5.01 Å². The van der Waals surface area contributed by atoms with Crippen LogP contribution in [0.2, 0.25) is 0 Å². The molecule has 0 aromatic heterocycles. The van der Waals surface area contributed by atoms with Crippen LogP contribution in [0.5, 0.6) is 0 Å². The van der Waals surface area contributed by atoms with Crippen LogP contribution in [-0.4, -0.2) is 17.8 Å². The highest BCUT2D eigenvalue weighted by molar-refractivity contribution is 6.23. The molecule has 1 atom stereocenters. The lowest BCUT2D eigenvalue weighted by molar-refractivity contribution is -0.118. The van der Waals surface area contributed by atoms with Gasteiger partial charge in [-0.15, -0.1) is 0 Å². The van der Waals surface area contributed by atoms with Crippen molar-refractivity contribution >= 4 is 29.2 Å². The number of hydrogen-bond donors (Lipinski definition) is 0. The van der Waals surface area contributed by atoms with E-state index in [1.165, 1.54) is 17.1 Å². The van der Waals surface area contributed by atoms with Crippen molar-refractivity contribution in [1.29, 1.82) is 0 Å². The summed E-state index contributed by atoms with van der Waals surface area (Å²) in [6.45, 7) is 1.79. The van der Waals surface area contributed by atoms with Crippen LogP contribution in [-0.2, 0) is 4.79 Å². The van der Waals surface area contributed by atoms with Crippen molar-refractivity contribution in [2.45, 2.75) is 6.92 Å². The molecule has 0 N–H and O–H groups in total. The second kappa shape index (κ2) is 5.89. The van der Waals surface area contributed by atoms with Gasteiger partial charge in [0, 0.05) is 6.21 Å². The highest BCUT2D eigenvalue weighted by Gasteiger charge is 2.33. The maximum atomic E-state index is 12.9. The Morgan fingerprint density at radius 2 is 1.82 bits per heavy atom. The lowest BCUT2D eigenvalue weighted by Crippen LogP contribution is -2.27. The fourth-order valence-corrected chi connectivity index (χ4v) is 2.19. The molecule has 5 heteroatoms. The molecule has 0 saturated heterocycles. The normalized spacial score (nSPS) is 18.1. The van der Waals surface area contributed by atoms with Crippen molar-refractivity contribution in [2.24, 2.45) is 16.0 Å². The fourth-order valence-electron chi connectivity index (χ4n) is 2.19. The van der Waals surface area contributed by atoms with Gasteiger partial charge in [-0.1, -0.05) is 18.2 Å². The maximum Gasteiger partial charge on any atom is 0.261 e. The second-order valence-corrected chi connectivity index (χ2v) is 4.96. The van der Waals surface area contributed by atoms with E-state index >= 15 is 0 Å². The number of carbonyl (C=O) groups is 1. The van der Waals surface area contributed by atoms with E-state index in [9.17, 15) is 9.18 Å². The summed E-state index contributed by atoms with van der Waals surface area (Å²) in [5.41, 5.74) is 2.00. The van der Waals surface area contributed by atoms with E-state index in [0.717, 1.165) is 5.69 Å². The largest absolute Gasteiger partial charge is 0.271 e. The third kappa shape index (κ3) is 2.79. The molecule has 0 fully saturated rings. The van der Waals surface area contributed by atoms with Crippen molar-refractivity contribution in [3.05, 3.63) is 60.4 Å². The Balaban J connectivity index is 1.80. The number of nitrogens with zero attached hydrogens (tertiary/aromatic N) is 3. The molecule has 22 heavy (non-hydrogen) atoms. The Kier molecular flexibility index (Phi) is 3.78. The number of amides is 1. The SMILES string of the molecule is CC1=NN(c2ccccc2)C(=O)[C@@H]1C=Nc1ccc(F)cc1. The molecule has 1 aliphatic heterocycles. The number of benzene rings is 2. The molecule has 1 aliphatic rings. The van der Waals surface area contributed by atoms with Crippen LogP contribution in [0.15, 0.2) is 64.7 Å². The summed E-state index contributed by atoms with van der Waals surface area (Å²) < 4.78 is 12.9. The number of aliphatic imine (C=N–C) groups is 1. The first-order chi connectivity index (χ1) is 10.6. The number of anilines is 1. The van der Waals surface area contributed by atoms with Crippen LogP contribution in [0.1, 0.15) is 6.92 Å². The van der Waals surface area contributed by atoms with E-state index in [-0.39, 0.29) is 11.7 Å². The predicted octanol–water partition coefficient (Wildman–Crippen LogP) is 3.57. The van der Waals surface area contributed by atoms with E-state index < -0.39 is 5.92 Å². The molecular formula is C17H14FN3O. The average molecular weight is 295 g/mol. The molecule has 0 saturated carbocycles. The summed E-state index contributed by atoms with van der Waals surface area (Å²) in [6, 6.07) is 15.0. The number of para-hydroxylation sites is 1. The number of halogens is 1. The first-order valence-corrected chi connectivity index (χ1v) is 6.89. The number of rotatable bonds is 3. The Labute approximate surface area is 127 Å². The van der Waals surface area contributed by atoms with E-state index in [0.29, 0.717) is 11.4 Å². The molecule has 110 valence electrons. The van der Waals surface area contributed by atoms with Crippen LogP contribution < -0.4 is 5.01 Å². The monoisotopic (exact) mass is 295 g/mol. The summed E-state index contributed by atoms with van der Waals surface area (Å²) in [5, 5.41) is 5.68. The fraction of sp³-hybridized carbons (Fsp3) is 0.118. The maximum absolute atomic E-state index is 12.9. The van der Waals surface area contributed by atoms with Crippen LogP contribution in [0, 0.1) is 11.7 Å². The zero-order valence-electron chi connectivity index (χ0n) is 12.0. The van der Waals surface area contributed by atoms with Gasteiger partial charge in [0.1, 0.15) is 11.7 Å². The molecule has 2 aromatic carbocycles. The van der Waals surface area contributed by atoms with Gasteiger partial charge >= 0.3 is 0 Å². The highest BCUT2D eigenvalue weighted by atomic mass is 19.1. The third-order valence-corrected chi connectivity index (χ3v) is 3.38. The molecule has 0 spiro atoms. The van der Waals surface area contributed by atoms with Gasteiger partial charge in [0.2, 0.25) is 0 Å². The lowest BCUT2D eigenvalue weighted by atomic mass is 10.1. The van der Waals surface area contributed by atoms with E-state index in [2.05, 4.69) is 10.1 Å². The van der Waals surface area contributed by atoms with Crippen molar-refractivity contribution < 1.29 is 9.18 Å². The summed E-state index contributed by atoms with van der Waals surface area (Å²) >= 11 is 0. The van der Waals surface area contributed by atoms with Crippen LogP contribution in [0.25, 0.3) is 0 Å². The Hall–Kier alpha value is -2.82. The predicted molar refractivity (Wildman–Crippen MR) is 85.1 cm³/mol. The smallest absolute Gasteiger partial charge is 0.261 e. The zero-order chi connectivity index (χ0) is 15.5. The topological polar surface area (TPSA) is 45.0 Å². The average Bonchev–Trinajstić information content (AvgIpc) is 2.82. The molecule has 0 aliphatic carbocycles. The number of carbonyl (C=O) groups excluding carboxylic acids is 1. The second-order valence-electron chi connectivity index (χ2n) is 4.96. The van der Waals surface area contributed by atoms with Gasteiger partial charge in [-0.05, 0) is 43.3 Å². The Bertz CT molecular complexity index is 738. The van der Waals surface area contributed by atoms with Gasteiger partial charge in [-0.2, -0.15) is 10.1 Å². The van der Waals surface area contributed by atoms with Gasteiger partial charge in [-0.25, -0.2) is 4.39 Å². The van der Waals surface area contributed by atoms with Gasteiger partial charge in [0.25, 0.3) is 5.91 Å². The standard InChI is InChI=1S/C17H14FN3O/c1-12-16(11-19-14-9-7-13(18)8-10-14)17(22)21(20-12)15-5-3-2-4-6-15/h2-11,16H,1H3/t16-/m1/s1. The summed E-state index contributed by atoms with van der Waals surface area (Å²) in [7, 11) is 0. The first-order valence-electron chi connectivity index (χ1n) is 6.89. The van der Waals surface area contributed by atoms with Crippen LogP contribution in [0.3, 0.4) is 0 Å². The molecule has 1 amide bonds. The van der Waals surface area contributed by atoms with Crippen LogP contribution >= 0.6 is 0 Å². The van der Waals surface area contributed by atoms with Gasteiger partial charge in [-0.3, -0.25) is 9.79 Å². The minimum absolute atomic E-state index is 0.144. The van der Waals surface area contributed by atoms with E-state index in [1.807, 2.05) is 30.3 Å². The number of hydrogen-bond acceptors (Lipinski definition) is 3. The van der Waals surface area contributed by atoms with Crippen molar-refractivity contribution in [3.8, 4) is 0 Å². The molecule has 1 heterocycles. The van der Waals surface area contributed by atoms with E-state index in [1.54, 1.807) is 25.3 Å². The first kappa shape index (κ1) is 14.1. The molecule has 0 bridgehead atoms. The minimum atomic E-state index is -0.495. The van der Waals surface area contributed by atoms with Gasteiger partial charge in [0.15, 0.2) is 0 Å². The zero-order valence-corrected chi connectivity index (χ0v) is 12.0. The van der Waals surface area contributed by atoms with Gasteiger partial charge < -0.3 is 0 Å². The molecule has 4 nitrogen and oxygen atoms in total. The number of hydrazone groups is 1. The quantitative estimate of drug-likeness (QED) is 0.798. The molecule has 3 rings (SSSR count). The molecular weight excluding hydrogens is 281 g/mol. The van der Waals surface area contributed by atoms with E-state index in [4.69, 9.17) is 0 Å². The summed E-state index contributed by atoms with van der Waals surface area (Å²) in [5.74, 6) is -0.955. The Morgan fingerprint density at radius 3 is 2.50 bits per heavy atom. The third-order valence-electron chi connectivity index (χ3n) is 3.38. The molecule has 0 radical (unpaired) electrons. The van der Waals surface area contributed by atoms with Crippen molar-refractivity contribution in [1.82, 2.24) is 0 Å². The van der Waals surface area contributed by atoms with Crippen LogP contribution in [0.4, 0.5) is 15.8 Å². The lowest BCUT2D eigenvalue weighted by Gasteiger charge is -2.12. The molecule has 2 aromatic rings.